The molecule has 1 aromatic carbocycles. The van der Waals surface area contributed by atoms with Gasteiger partial charge in [-0.25, -0.2) is 13.8 Å². The van der Waals surface area contributed by atoms with E-state index in [9.17, 15) is 13.2 Å². The average molecular weight is 380 g/mol. The van der Waals surface area contributed by atoms with Gasteiger partial charge in [-0.2, -0.15) is 5.10 Å². The number of carbonyl (C=O) groups excluding carboxylic acids is 1. The predicted octanol–water partition coefficient (Wildman–Crippen LogP) is 3.70. The first-order valence-corrected chi connectivity index (χ1v) is 10.2. The summed E-state index contributed by atoms with van der Waals surface area (Å²) < 4.78 is 27.0. The molecule has 0 unspecified atom stereocenters. The zero-order valence-corrected chi connectivity index (χ0v) is 15.9. The van der Waals surface area contributed by atoms with E-state index in [0.29, 0.717) is 11.3 Å². The smallest absolute Gasteiger partial charge is 0.271 e. The van der Waals surface area contributed by atoms with Gasteiger partial charge in [0.1, 0.15) is 4.21 Å². The number of nitrogens with one attached hydrogen (secondary N) is 2. The van der Waals surface area contributed by atoms with Crippen LogP contribution in [0.5, 0.6) is 0 Å². The first-order valence-electron chi connectivity index (χ1n) is 7.86. The lowest BCUT2D eigenvalue weighted by Crippen LogP contribution is -2.21. The third-order valence-corrected chi connectivity index (χ3v) is 6.27. The molecule has 2 N–H and O–H groups in total. The van der Waals surface area contributed by atoms with Crippen LogP contribution in [0.3, 0.4) is 0 Å². The molecule has 0 saturated heterocycles. The lowest BCUT2D eigenvalue weighted by molar-refractivity contribution is 0.0954. The molecule has 0 aliphatic rings. The number of hydrogen-bond donors (Lipinski definition) is 2. The van der Waals surface area contributed by atoms with Gasteiger partial charge < -0.3 is 0 Å². The van der Waals surface area contributed by atoms with Crippen molar-refractivity contribution in [1.29, 1.82) is 0 Å². The molecule has 0 bridgehead atoms. The molecule has 0 saturated carbocycles. The van der Waals surface area contributed by atoms with E-state index in [0.717, 1.165) is 23.5 Å². The van der Waals surface area contributed by atoms with Crippen molar-refractivity contribution in [2.45, 2.75) is 31.4 Å². The van der Waals surface area contributed by atoms with Gasteiger partial charge in [-0.1, -0.05) is 26.8 Å². The molecule has 0 aliphatic heterocycles. The minimum absolute atomic E-state index is 0.240. The van der Waals surface area contributed by atoms with Gasteiger partial charge in [0, 0.05) is 17.0 Å². The van der Waals surface area contributed by atoms with E-state index in [1.807, 2.05) is 20.8 Å². The lowest BCUT2D eigenvalue weighted by atomic mass is 10.1. The summed E-state index contributed by atoms with van der Waals surface area (Å²) in [6.45, 7) is 6.02. The molecule has 0 spiro atoms. The van der Waals surface area contributed by atoms with Gasteiger partial charge in [-0.05, 0) is 48.1 Å². The average Bonchev–Trinajstić information content (AvgIpc) is 3.10. The lowest BCUT2D eigenvalue weighted by Gasteiger charge is -2.09. The van der Waals surface area contributed by atoms with Crippen molar-refractivity contribution in [2.24, 2.45) is 11.0 Å². The largest absolute Gasteiger partial charge is 0.279 e. The number of amides is 1. The Bertz CT molecular complexity index is 840. The topological polar surface area (TPSA) is 87.6 Å². The molecule has 6 nitrogen and oxygen atoms in total. The Morgan fingerprint density at radius 1 is 1.20 bits per heavy atom. The number of anilines is 1. The van der Waals surface area contributed by atoms with E-state index >= 15 is 0 Å². The van der Waals surface area contributed by atoms with Crippen LogP contribution in [-0.2, 0) is 10.0 Å². The number of sulfonamides is 1. The third-order valence-electron chi connectivity index (χ3n) is 3.49. The summed E-state index contributed by atoms with van der Waals surface area (Å²) in [5.74, 6) is -0.0707. The van der Waals surface area contributed by atoms with Gasteiger partial charge in [0.15, 0.2) is 0 Å². The highest BCUT2D eigenvalue weighted by Gasteiger charge is 2.15. The molecular weight excluding hydrogens is 358 g/mol. The second kappa shape index (κ2) is 8.26. The van der Waals surface area contributed by atoms with Crippen molar-refractivity contribution < 1.29 is 13.2 Å². The maximum absolute atomic E-state index is 12.2. The number of rotatable bonds is 7. The summed E-state index contributed by atoms with van der Waals surface area (Å²) in [4.78, 5) is 12.1. The van der Waals surface area contributed by atoms with E-state index in [4.69, 9.17) is 0 Å². The Kier molecular flexibility index (Phi) is 6.33. The highest BCUT2D eigenvalue weighted by molar-refractivity contribution is 7.94. The fraction of sp³-hybridized carbons (Fsp3) is 0.294. The monoisotopic (exact) mass is 379 g/mol. The van der Waals surface area contributed by atoms with Crippen LogP contribution in [0, 0.1) is 5.92 Å². The zero-order chi connectivity index (χ0) is 18.4. The Labute approximate surface area is 152 Å². The highest BCUT2D eigenvalue weighted by Crippen LogP contribution is 2.20. The SMILES string of the molecule is CC/C(=N/NC(=O)c1ccc(NS(=O)(=O)c2cccs2)cc1)C(C)C. The molecular formula is C17H21N3O3S2. The van der Waals surface area contributed by atoms with Gasteiger partial charge in [0.2, 0.25) is 0 Å². The molecule has 0 aliphatic carbocycles. The molecule has 1 aromatic heterocycles. The Balaban J connectivity index is 2.06. The van der Waals surface area contributed by atoms with E-state index in [1.165, 1.54) is 6.07 Å². The van der Waals surface area contributed by atoms with E-state index in [-0.39, 0.29) is 16.0 Å². The molecule has 25 heavy (non-hydrogen) atoms. The summed E-state index contributed by atoms with van der Waals surface area (Å²) in [5, 5.41) is 5.84. The Morgan fingerprint density at radius 2 is 1.88 bits per heavy atom. The molecule has 2 aromatic rings. The summed E-state index contributed by atoms with van der Waals surface area (Å²) in [5.41, 5.74) is 4.24. The van der Waals surface area contributed by atoms with Crippen molar-refractivity contribution in [3.8, 4) is 0 Å². The Morgan fingerprint density at radius 3 is 2.40 bits per heavy atom. The van der Waals surface area contributed by atoms with Crippen molar-refractivity contribution in [1.82, 2.24) is 5.43 Å². The second-order valence-corrected chi connectivity index (χ2v) is 8.52. The highest BCUT2D eigenvalue weighted by atomic mass is 32.2. The molecule has 0 radical (unpaired) electrons. The fourth-order valence-electron chi connectivity index (χ4n) is 2.12. The number of carbonyl (C=O) groups is 1. The van der Waals surface area contributed by atoms with E-state index in [1.54, 1.807) is 35.7 Å². The van der Waals surface area contributed by atoms with Gasteiger partial charge in [-0.15, -0.1) is 11.3 Å². The first-order chi connectivity index (χ1) is 11.8. The predicted molar refractivity (Wildman–Crippen MR) is 102 cm³/mol. The van der Waals surface area contributed by atoms with Crippen LogP contribution in [0.4, 0.5) is 5.69 Å². The van der Waals surface area contributed by atoms with Gasteiger partial charge in [0.05, 0.1) is 0 Å². The van der Waals surface area contributed by atoms with Crippen LogP contribution in [0.15, 0.2) is 51.1 Å². The quantitative estimate of drug-likeness (QED) is 0.568. The summed E-state index contributed by atoms with van der Waals surface area (Å²) in [6, 6.07) is 9.41. The van der Waals surface area contributed by atoms with Crippen molar-refractivity contribution in [2.75, 3.05) is 4.72 Å². The molecule has 1 heterocycles. The summed E-state index contributed by atoms with van der Waals surface area (Å²) in [7, 11) is -3.59. The number of benzene rings is 1. The minimum Gasteiger partial charge on any atom is -0.279 e. The molecule has 8 heteroatoms. The number of hydrazone groups is 1. The van der Waals surface area contributed by atoms with Crippen LogP contribution < -0.4 is 10.1 Å². The molecule has 134 valence electrons. The normalized spacial score (nSPS) is 12.2. The maximum atomic E-state index is 12.2. The number of hydrogen-bond acceptors (Lipinski definition) is 5. The van der Waals surface area contributed by atoms with Crippen molar-refractivity contribution in [3.63, 3.8) is 0 Å². The van der Waals surface area contributed by atoms with Crippen molar-refractivity contribution >= 4 is 38.7 Å². The second-order valence-electron chi connectivity index (χ2n) is 5.67. The molecule has 1 amide bonds. The van der Waals surface area contributed by atoms with Crippen molar-refractivity contribution in [3.05, 3.63) is 47.3 Å². The van der Waals surface area contributed by atoms with Crippen LogP contribution in [-0.4, -0.2) is 20.0 Å². The maximum Gasteiger partial charge on any atom is 0.271 e. The summed E-state index contributed by atoms with van der Waals surface area (Å²) >= 11 is 1.14. The van der Waals surface area contributed by atoms with Gasteiger partial charge >= 0.3 is 0 Å². The molecule has 0 atom stereocenters. The van der Waals surface area contributed by atoms with Crippen LogP contribution in [0.25, 0.3) is 0 Å². The van der Waals surface area contributed by atoms with Crippen LogP contribution >= 0.6 is 11.3 Å². The van der Waals surface area contributed by atoms with Crippen LogP contribution in [0.1, 0.15) is 37.6 Å². The van der Waals surface area contributed by atoms with E-state index < -0.39 is 10.0 Å². The molecule has 0 fully saturated rings. The van der Waals surface area contributed by atoms with Gasteiger partial charge in [-0.3, -0.25) is 9.52 Å². The van der Waals surface area contributed by atoms with Gasteiger partial charge in [0.25, 0.3) is 15.9 Å². The van der Waals surface area contributed by atoms with E-state index in [2.05, 4.69) is 15.2 Å². The minimum atomic E-state index is -3.59. The van der Waals surface area contributed by atoms with Crippen LogP contribution in [0.2, 0.25) is 0 Å². The number of thiophene rings is 1. The molecule has 2 rings (SSSR count). The first kappa shape index (κ1) is 19.1. The standard InChI is InChI=1S/C17H21N3O3S2/c1-4-15(12(2)3)18-19-17(21)13-7-9-14(10-8-13)20-25(22,23)16-6-5-11-24-16/h5-12,20H,4H2,1-3H3,(H,19,21)/b18-15-. The summed E-state index contributed by atoms with van der Waals surface area (Å²) in [6.07, 6.45) is 0.765. The number of nitrogens with zero attached hydrogens (tertiary/aromatic N) is 1. The fourth-order valence-corrected chi connectivity index (χ4v) is 4.17. The zero-order valence-electron chi connectivity index (χ0n) is 14.3. The Hall–Kier alpha value is -2.19. The third kappa shape index (κ3) is 5.14.